The average molecular weight is 315 g/mol. The van der Waals surface area contributed by atoms with E-state index >= 15 is 0 Å². The predicted molar refractivity (Wildman–Crippen MR) is 88.0 cm³/mol. The lowest BCUT2D eigenvalue weighted by atomic mass is 10.2. The molecule has 122 valence electrons. The molecule has 1 aromatic heterocycles. The van der Waals surface area contributed by atoms with Crippen LogP contribution < -0.4 is 5.32 Å². The number of aromatic carboxylic acids is 1. The van der Waals surface area contributed by atoms with Crippen molar-refractivity contribution in [3.05, 3.63) is 41.7 Å². The van der Waals surface area contributed by atoms with Gasteiger partial charge in [-0.1, -0.05) is 25.8 Å². The van der Waals surface area contributed by atoms with Crippen LogP contribution in [0.2, 0.25) is 0 Å². The van der Waals surface area contributed by atoms with Crippen LogP contribution in [0.15, 0.2) is 30.5 Å². The number of hydrogen-bond donors (Lipinski definition) is 2. The first kappa shape index (κ1) is 16.7. The first-order valence-corrected chi connectivity index (χ1v) is 7.71. The second-order valence-corrected chi connectivity index (χ2v) is 5.42. The van der Waals surface area contributed by atoms with Crippen LogP contribution in [0.1, 0.15) is 48.7 Å². The molecule has 2 aromatic rings. The molecule has 2 rings (SSSR count). The van der Waals surface area contributed by atoms with Gasteiger partial charge in [0.05, 0.1) is 17.6 Å². The van der Waals surface area contributed by atoms with E-state index in [1.165, 1.54) is 6.20 Å². The number of anilines is 1. The van der Waals surface area contributed by atoms with Gasteiger partial charge in [-0.2, -0.15) is 5.10 Å². The number of carboxylic acids is 1. The van der Waals surface area contributed by atoms with E-state index in [1.807, 2.05) is 6.07 Å². The summed E-state index contributed by atoms with van der Waals surface area (Å²) in [6, 6.07) is 7.21. The van der Waals surface area contributed by atoms with Crippen LogP contribution in [0.5, 0.6) is 0 Å². The Balaban J connectivity index is 2.14. The molecule has 1 amide bonds. The lowest BCUT2D eigenvalue weighted by Gasteiger charge is -2.09. The second-order valence-electron chi connectivity index (χ2n) is 5.42. The summed E-state index contributed by atoms with van der Waals surface area (Å²) in [5.41, 5.74) is 2.10. The third-order valence-electron chi connectivity index (χ3n) is 3.62. The highest BCUT2D eigenvalue weighted by Gasteiger charge is 2.14. The van der Waals surface area contributed by atoms with E-state index in [9.17, 15) is 9.59 Å². The largest absolute Gasteiger partial charge is 0.478 e. The summed E-state index contributed by atoms with van der Waals surface area (Å²) in [4.78, 5) is 23.0. The van der Waals surface area contributed by atoms with Crippen LogP contribution in [0.4, 0.5) is 5.69 Å². The van der Waals surface area contributed by atoms with Gasteiger partial charge in [-0.25, -0.2) is 9.48 Å². The Morgan fingerprint density at radius 3 is 2.74 bits per heavy atom. The van der Waals surface area contributed by atoms with Crippen LogP contribution in [-0.4, -0.2) is 26.8 Å². The van der Waals surface area contributed by atoms with Crippen molar-refractivity contribution in [2.24, 2.45) is 0 Å². The number of carbonyl (C=O) groups excluding carboxylic acids is 1. The zero-order valence-corrected chi connectivity index (χ0v) is 13.4. The topological polar surface area (TPSA) is 84.2 Å². The normalized spacial score (nSPS) is 10.5. The summed E-state index contributed by atoms with van der Waals surface area (Å²) >= 11 is 0. The number of rotatable bonds is 7. The van der Waals surface area contributed by atoms with Gasteiger partial charge in [0.1, 0.15) is 5.56 Å². The molecule has 1 heterocycles. The van der Waals surface area contributed by atoms with Gasteiger partial charge >= 0.3 is 5.97 Å². The van der Waals surface area contributed by atoms with Gasteiger partial charge in [-0.3, -0.25) is 4.79 Å². The van der Waals surface area contributed by atoms with E-state index in [4.69, 9.17) is 5.11 Å². The molecule has 0 unspecified atom stereocenters. The Morgan fingerprint density at radius 1 is 1.30 bits per heavy atom. The highest BCUT2D eigenvalue weighted by Crippen LogP contribution is 2.18. The highest BCUT2D eigenvalue weighted by atomic mass is 16.4. The van der Waals surface area contributed by atoms with Crippen molar-refractivity contribution in [2.45, 2.75) is 39.5 Å². The number of amides is 1. The Hall–Kier alpha value is -2.63. The van der Waals surface area contributed by atoms with Crippen molar-refractivity contribution in [1.29, 1.82) is 0 Å². The van der Waals surface area contributed by atoms with Gasteiger partial charge in [-0.05, 0) is 31.5 Å². The third kappa shape index (κ3) is 4.18. The molecular weight excluding hydrogens is 294 g/mol. The lowest BCUT2D eigenvalue weighted by Crippen LogP contribution is -2.11. The maximum absolute atomic E-state index is 11.9. The predicted octanol–water partition coefficient (Wildman–Crippen LogP) is 3.40. The number of nitrogens with one attached hydrogen (secondary N) is 1. The molecule has 23 heavy (non-hydrogen) atoms. The molecule has 0 atom stereocenters. The van der Waals surface area contributed by atoms with Gasteiger partial charge in [0, 0.05) is 12.1 Å². The molecule has 0 aliphatic rings. The van der Waals surface area contributed by atoms with Crippen molar-refractivity contribution < 1.29 is 14.7 Å². The summed E-state index contributed by atoms with van der Waals surface area (Å²) in [5.74, 6) is -1.02. The average Bonchev–Trinajstić information content (AvgIpc) is 2.89. The van der Waals surface area contributed by atoms with Crippen molar-refractivity contribution in [2.75, 3.05) is 5.32 Å². The Labute approximate surface area is 135 Å². The first-order chi connectivity index (χ1) is 11.0. The van der Waals surface area contributed by atoms with Gasteiger partial charge in [0.25, 0.3) is 0 Å². The summed E-state index contributed by atoms with van der Waals surface area (Å²) in [7, 11) is 0. The smallest absolute Gasteiger partial charge is 0.339 e. The SMILES string of the molecule is CCCCCC(=O)Nc1cccc(-n2ncc(C(=O)O)c2C)c1. The number of carboxylic acid groups (broad SMARTS) is 1. The van der Waals surface area contributed by atoms with Crippen molar-refractivity contribution in [1.82, 2.24) is 9.78 Å². The standard InChI is InChI=1S/C17H21N3O3/c1-3-4-5-9-16(21)19-13-7-6-8-14(10-13)20-12(2)15(11-18-20)17(22)23/h6-8,10-11H,3-5,9H2,1-2H3,(H,19,21)(H,22,23). The van der Waals surface area contributed by atoms with Crippen LogP contribution >= 0.6 is 0 Å². The van der Waals surface area contributed by atoms with Crippen LogP contribution in [-0.2, 0) is 4.79 Å². The Kier molecular flexibility index (Phi) is 5.51. The summed E-state index contributed by atoms with van der Waals surface area (Å²) in [5, 5.41) is 16.1. The number of unbranched alkanes of at least 4 members (excludes halogenated alkanes) is 2. The molecular formula is C17H21N3O3. The molecule has 6 heteroatoms. The van der Waals surface area contributed by atoms with E-state index in [-0.39, 0.29) is 11.5 Å². The molecule has 0 saturated carbocycles. The number of carbonyl (C=O) groups is 2. The molecule has 1 aromatic carbocycles. The fourth-order valence-corrected chi connectivity index (χ4v) is 2.35. The molecule has 0 aliphatic carbocycles. The molecule has 0 radical (unpaired) electrons. The molecule has 0 saturated heterocycles. The van der Waals surface area contributed by atoms with E-state index in [0.29, 0.717) is 23.5 Å². The maximum Gasteiger partial charge on any atom is 0.339 e. The minimum atomic E-state index is -1.01. The minimum absolute atomic E-state index is 0.0148. The molecule has 0 spiro atoms. The van der Waals surface area contributed by atoms with Gasteiger partial charge < -0.3 is 10.4 Å². The van der Waals surface area contributed by atoms with Gasteiger partial charge in [0.15, 0.2) is 0 Å². The van der Waals surface area contributed by atoms with Gasteiger partial charge in [-0.15, -0.1) is 0 Å². The molecule has 0 fully saturated rings. The van der Waals surface area contributed by atoms with E-state index in [2.05, 4.69) is 17.3 Å². The van der Waals surface area contributed by atoms with Crippen molar-refractivity contribution in [3.63, 3.8) is 0 Å². The van der Waals surface area contributed by atoms with Crippen molar-refractivity contribution in [3.8, 4) is 5.69 Å². The number of nitrogens with zero attached hydrogens (tertiary/aromatic N) is 2. The zero-order valence-electron chi connectivity index (χ0n) is 13.4. The fraction of sp³-hybridized carbons (Fsp3) is 0.353. The van der Waals surface area contributed by atoms with E-state index in [0.717, 1.165) is 19.3 Å². The summed E-state index contributed by atoms with van der Waals surface area (Å²) in [6.45, 7) is 3.80. The van der Waals surface area contributed by atoms with Gasteiger partial charge in [0.2, 0.25) is 5.91 Å². The summed E-state index contributed by atoms with van der Waals surface area (Å²) in [6.07, 6.45) is 4.82. The highest BCUT2D eigenvalue weighted by molar-refractivity contribution is 5.91. The van der Waals surface area contributed by atoms with E-state index in [1.54, 1.807) is 29.8 Å². The number of hydrogen-bond acceptors (Lipinski definition) is 3. The maximum atomic E-state index is 11.9. The molecule has 0 bridgehead atoms. The third-order valence-corrected chi connectivity index (χ3v) is 3.62. The molecule has 2 N–H and O–H groups in total. The van der Waals surface area contributed by atoms with Crippen LogP contribution in [0.25, 0.3) is 5.69 Å². The monoisotopic (exact) mass is 315 g/mol. The zero-order chi connectivity index (χ0) is 16.8. The van der Waals surface area contributed by atoms with Crippen molar-refractivity contribution >= 4 is 17.6 Å². The van der Waals surface area contributed by atoms with Crippen LogP contribution in [0, 0.1) is 6.92 Å². The fourth-order valence-electron chi connectivity index (χ4n) is 2.35. The number of aromatic nitrogens is 2. The Bertz CT molecular complexity index is 707. The Morgan fingerprint density at radius 2 is 2.09 bits per heavy atom. The number of benzene rings is 1. The van der Waals surface area contributed by atoms with E-state index < -0.39 is 5.97 Å². The van der Waals surface area contributed by atoms with Crippen LogP contribution in [0.3, 0.4) is 0 Å². The summed E-state index contributed by atoms with van der Waals surface area (Å²) < 4.78 is 1.55. The molecule has 0 aliphatic heterocycles. The molecule has 6 nitrogen and oxygen atoms in total. The lowest BCUT2D eigenvalue weighted by molar-refractivity contribution is -0.116. The quantitative estimate of drug-likeness (QED) is 0.767. The second kappa shape index (κ2) is 7.58. The minimum Gasteiger partial charge on any atom is -0.478 e. The first-order valence-electron chi connectivity index (χ1n) is 7.71.